The third-order valence-corrected chi connectivity index (χ3v) is 7.02. The van der Waals surface area contributed by atoms with Crippen LogP contribution in [0.5, 0.6) is 5.75 Å². The number of hydrogen-bond acceptors (Lipinski definition) is 6. The monoisotopic (exact) mass is 580 g/mol. The number of allylic oxidation sites excluding steroid dienone is 1. The summed E-state index contributed by atoms with van der Waals surface area (Å²) in [6.07, 6.45) is 1.82. The van der Waals surface area contributed by atoms with Gasteiger partial charge in [0.2, 0.25) is 0 Å². The van der Waals surface area contributed by atoms with Gasteiger partial charge < -0.3 is 9.47 Å². The second-order valence-corrected chi connectivity index (χ2v) is 9.70. The molecule has 0 saturated carbocycles. The van der Waals surface area contributed by atoms with Gasteiger partial charge in [0, 0.05) is 14.2 Å². The lowest BCUT2D eigenvalue weighted by molar-refractivity contribution is -0.136. The van der Waals surface area contributed by atoms with Crippen LogP contribution in [0.4, 0.5) is 0 Å². The standard InChI is InChI=1S/C23H18ClIN2O4S/c1-12-19(22(29)31-3)20(16-11-14(24)6-9-17(16)30-2)27-21(28)18(32-23(27)26-12)10-13-4-7-15(25)8-5-13/h4-11,20H,1-3H3/b18-10-/t20-/m0/s1. The highest BCUT2D eigenvalue weighted by Gasteiger charge is 2.35. The molecule has 0 spiro atoms. The van der Waals surface area contributed by atoms with Crippen LogP contribution in [0.15, 0.2) is 63.5 Å². The first kappa shape index (κ1) is 22.8. The number of carbonyl (C=O) groups is 1. The molecule has 1 aromatic heterocycles. The van der Waals surface area contributed by atoms with Gasteiger partial charge in [-0.25, -0.2) is 9.79 Å². The van der Waals surface area contributed by atoms with E-state index in [1.807, 2.05) is 30.3 Å². The second kappa shape index (κ2) is 9.21. The molecule has 0 unspecified atom stereocenters. The van der Waals surface area contributed by atoms with E-state index in [0.717, 1.165) is 9.13 Å². The van der Waals surface area contributed by atoms with Crippen LogP contribution in [-0.4, -0.2) is 24.8 Å². The molecule has 0 aliphatic carbocycles. The maximum absolute atomic E-state index is 13.5. The SMILES string of the molecule is COC(=O)C1=C(C)N=c2s/c(=C\c3ccc(I)cc3)c(=O)n2[C@H]1c1cc(Cl)ccc1OC. The van der Waals surface area contributed by atoms with Gasteiger partial charge in [-0.1, -0.05) is 35.1 Å². The molecule has 0 amide bonds. The number of fused-ring (bicyclic) bond motifs is 1. The molecule has 1 atom stereocenters. The topological polar surface area (TPSA) is 69.9 Å². The zero-order valence-corrected chi connectivity index (χ0v) is 21.1. The van der Waals surface area contributed by atoms with Crippen LogP contribution in [0.2, 0.25) is 5.02 Å². The summed E-state index contributed by atoms with van der Waals surface area (Å²) in [7, 11) is 2.83. The largest absolute Gasteiger partial charge is 0.496 e. The summed E-state index contributed by atoms with van der Waals surface area (Å²) >= 11 is 9.78. The predicted molar refractivity (Wildman–Crippen MR) is 133 cm³/mol. The van der Waals surface area contributed by atoms with Crippen LogP contribution in [0.25, 0.3) is 6.08 Å². The summed E-state index contributed by atoms with van der Waals surface area (Å²) in [5.41, 5.74) is 1.97. The highest BCUT2D eigenvalue weighted by molar-refractivity contribution is 14.1. The average Bonchev–Trinajstić information content (AvgIpc) is 3.08. The average molecular weight is 581 g/mol. The van der Waals surface area contributed by atoms with Crippen LogP contribution in [0.3, 0.4) is 0 Å². The molecule has 2 aromatic carbocycles. The van der Waals surface area contributed by atoms with Crippen LogP contribution < -0.4 is 19.6 Å². The molecule has 9 heteroatoms. The fourth-order valence-corrected chi connectivity index (χ4v) is 5.20. The summed E-state index contributed by atoms with van der Waals surface area (Å²) in [6.45, 7) is 1.73. The highest BCUT2D eigenvalue weighted by Crippen LogP contribution is 2.37. The minimum absolute atomic E-state index is 0.256. The van der Waals surface area contributed by atoms with Crippen molar-refractivity contribution in [3.63, 3.8) is 0 Å². The normalized spacial score (nSPS) is 15.9. The molecule has 4 rings (SSSR count). The Bertz CT molecular complexity index is 1420. The third-order valence-electron chi connectivity index (χ3n) is 5.08. The number of methoxy groups -OCH3 is 2. The first-order chi connectivity index (χ1) is 15.3. The number of nitrogens with zero attached hydrogens (tertiary/aromatic N) is 2. The molecule has 3 aromatic rings. The van der Waals surface area contributed by atoms with E-state index in [-0.39, 0.29) is 11.1 Å². The fourth-order valence-electron chi connectivity index (χ4n) is 3.62. The van der Waals surface area contributed by atoms with E-state index in [0.29, 0.717) is 31.4 Å². The number of carbonyl (C=O) groups excluding carboxylic acids is 1. The Morgan fingerprint density at radius 1 is 1.22 bits per heavy atom. The van der Waals surface area contributed by atoms with Crippen molar-refractivity contribution >= 4 is 57.6 Å². The number of halogens is 2. The molecule has 0 bridgehead atoms. The van der Waals surface area contributed by atoms with E-state index in [9.17, 15) is 9.59 Å². The number of thiazole rings is 1. The van der Waals surface area contributed by atoms with Gasteiger partial charge in [0.1, 0.15) is 11.8 Å². The zero-order valence-electron chi connectivity index (χ0n) is 17.4. The molecular weight excluding hydrogens is 563 g/mol. The first-order valence-corrected chi connectivity index (χ1v) is 11.8. The Hall–Kier alpha value is -2.43. The lowest BCUT2D eigenvalue weighted by Gasteiger charge is -2.25. The van der Waals surface area contributed by atoms with E-state index in [1.165, 1.54) is 30.1 Å². The van der Waals surface area contributed by atoms with Crippen molar-refractivity contribution < 1.29 is 14.3 Å². The number of esters is 1. The number of benzene rings is 2. The summed E-state index contributed by atoms with van der Waals surface area (Å²) in [5, 5.41) is 0.459. The van der Waals surface area contributed by atoms with E-state index in [2.05, 4.69) is 27.6 Å². The third kappa shape index (κ3) is 4.14. The number of rotatable bonds is 4. The van der Waals surface area contributed by atoms with Crippen molar-refractivity contribution in [2.45, 2.75) is 13.0 Å². The summed E-state index contributed by atoms with van der Waals surface area (Å²) in [6, 6.07) is 12.2. The van der Waals surface area contributed by atoms with Crippen molar-refractivity contribution in [3.05, 3.63) is 93.1 Å². The van der Waals surface area contributed by atoms with E-state index in [1.54, 1.807) is 25.1 Å². The van der Waals surface area contributed by atoms with Crippen molar-refractivity contribution in [2.75, 3.05) is 14.2 Å². The zero-order chi connectivity index (χ0) is 23.0. The summed E-state index contributed by atoms with van der Waals surface area (Å²) in [4.78, 5) is 31.4. The molecule has 164 valence electrons. The molecule has 0 radical (unpaired) electrons. The van der Waals surface area contributed by atoms with Crippen molar-refractivity contribution in [3.8, 4) is 5.75 Å². The van der Waals surface area contributed by atoms with Crippen molar-refractivity contribution in [1.82, 2.24) is 4.57 Å². The molecule has 6 nitrogen and oxygen atoms in total. The van der Waals surface area contributed by atoms with Gasteiger partial charge in [0.05, 0.1) is 30.0 Å². The lowest BCUT2D eigenvalue weighted by atomic mass is 9.95. The van der Waals surface area contributed by atoms with Crippen LogP contribution >= 0.6 is 45.5 Å². The minimum atomic E-state index is -0.786. The Morgan fingerprint density at radius 3 is 2.59 bits per heavy atom. The van der Waals surface area contributed by atoms with Gasteiger partial charge in [-0.15, -0.1) is 0 Å². The Morgan fingerprint density at radius 2 is 1.94 bits per heavy atom. The smallest absolute Gasteiger partial charge is 0.338 e. The molecule has 0 fully saturated rings. The van der Waals surface area contributed by atoms with Crippen LogP contribution in [-0.2, 0) is 9.53 Å². The maximum Gasteiger partial charge on any atom is 0.338 e. The van der Waals surface area contributed by atoms with Crippen LogP contribution in [0.1, 0.15) is 24.1 Å². The Balaban J connectivity index is 2.02. The highest BCUT2D eigenvalue weighted by atomic mass is 127. The second-order valence-electron chi connectivity index (χ2n) is 7.01. The van der Waals surface area contributed by atoms with Gasteiger partial charge in [-0.05, 0) is 71.5 Å². The van der Waals surface area contributed by atoms with E-state index < -0.39 is 12.0 Å². The van der Waals surface area contributed by atoms with Crippen LogP contribution in [0, 0.1) is 3.57 Å². The molecule has 0 N–H and O–H groups in total. The van der Waals surface area contributed by atoms with Gasteiger partial charge in [0.15, 0.2) is 4.80 Å². The molecule has 1 aliphatic heterocycles. The van der Waals surface area contributed by atoms with Crippen molar-refractivity contribution in [1.29, 1.82) is 0 Å². The van der Waals surface area contributed by atoms with Gasteiger partial charge in [0.25, 0.3) is 5.56 Å². The van der Waals surface area contributed by atoms with Gasteiger partial charge >= 0.3 is 5.97 Å². The Labute approximate surface area is 206 Å². The molecule has 1 aliphatic rings. The van der Waals surface area contributed by atoms with Gasteiger partial charge in [-0.2, -0.15) is 0 Å². The quantitative estimate of drug-likeness (QED) is 0.349. The number of hydrogen-bond donors (Lipinski definition) is 0. The van der Waals surface area contributed by atoms with E-state index in [4.69, 9.17) is 21.1 Å². The molecular formula is C23H18ClIN2O4S. The summed E-state index contributed by atoms with van der Waals surface area (Å²) < 4.78 is 13.7. The fraction of sp³-hybridized carbons (Fsp3) is 0.174. The first-order valence-electron chi connectivity index (χ1n) is 9.54. The number of ether oxygens (including phenoxy) is 2. The molecule has 0 saturated heterocycles. The number of aromatic nitrogens is 1. The van der Waals surface area contributed by atoms with Gasteiger partial charge in [-0.3, -0.25) is 9.36 Å². The lowest BCUT2D eigenvalue weighted by Crippen LogP contribution is -2.40. The molecule has 32 heavy (non-hydrogen) atoms. The Kier molecular flexibility index (Phi) is 6.55. The maximum atomic E-state index is 13.5. The predicted octanol–water partition coefficient (Wildman–Crippen LogP) is 3.67. The van der Waals surface area contributed by atoms with Crippen molar-refractivity contribution in [2.24, 2.45) is 4.99 Å². The van der Waals surface area contributed by atoms with E-state index >= 15 is 0 Å². The minimum Gasteiger partial charge on any atom is -0.496 e. The summed E-state index contributed by atoms with van der Waals surface area (Å²) in [5.74, 6) is -0.0621. The molecule has 2 heterocycles.